The van der Waals surface area contributed by atoms with Crippen molar-refractivity contribution in [2.45, 2.75) is 51.4 Å². The quantitative estimate of drug-likeness (QED) is 0.280. The van der Waals surface area contributed by atoms with Crippen LogP contribution in [0.25, 0.3) is 0 Å². The van der Waals surface area contributed by atoms with Gasteiger partial charge in [-0.15, -0.1) is 0 Å². The standard InChI is InChI=1S/C13H25N3O6/c1-4-6(2)10(16-11(19)9(14)7(3)18)12(20)15-8(5-17)13(21)22/h6-10,17-18H,4-5,14H2,1-3H3,(H,15,20)(H,16,19)(H,21,22)/t6-,7+,8-,9-,10-/m0/s1. The summed E-state index contributed by atoms with van der Waals surface area (Å²) in [7, 11) is 0. The molecule has 0 aromatic carbocycles. The van der Waals surface area contributed by atoms with Crippen LogP contribution in [-0.4, -0.2) is 63.9 Å². The third kappa shape index (κ3) is 5.96. The Morgan fingerprint density at radius 1 is 1.14 bits per heavy atom. The van der Waals surface area contributed by atoms with Gasteiger partial charge in [0.25, 0.3) is 0 Å². The Bertz CT molecular complexity index is 401. The molecule has 0 saturated carbocycles. The molecule has 7 N–H and O–H groups in total. The fraction of sp³-hybridized carbons (Fsp3) is 0.769. The first-order chi connectivity index (χ1) is 10.1. The maximum Gasteiger partial charge on any atom is 0.328 e. The van der Waals surface area contributed by atoms with Gasteiger partial charge in [-0.1, -0.05) is 20.3 Å². The normalized spacial score (nSPS) is 17.7. The molecule has 0 fully saturated rings. The van der Waals surface area contributed by atoms with Crippen LogP contribution in [0.1, 0.15) is 27.2 Å². The molecule has 0 saturated heterocycles. The Hall–Kier alpha value is -1.71. The summed E-state index contributed by atoms with van der Waals surface area (Å²) >= 11 is 0. The Balaban J connectivity index is 5.02. The van der Waals surface area contributed by atoms with Crippen molar-refractivity contribution in [3.8, 4) is 0 Å². The van der Waals surface area contributed by atoms with E-state index in [0.29, 0.717) is 6.42 Å². The first kappa shape index (κ1) is 20.3. The molecular weight excluding hydrogens is 294 g/mol. The van der Waals surface area contributed by atoms with E-state index in [9.17, 15) is 19.5 Å². The average molecular weight is 319 g/mol. The van der Waals surface area contributed by atoms with Crippen molar-refractivity contribution in [1.29, 1.82) is 0 Å². The molecule has 9 nitrogen and oxygen atoms in total. The number of hydrogen-bond acceptors (Lipinski definition) is 6. The lowest BCUT2D eigenvalue weighted by molar-refractivity contribution is -0.143. The second-order valence-corrected chi connectivity index (χ2v) is 5.22. The van der Waals surface area contributed by atoms with Crippen LogP contribution in [0.3, 0.4) is 0 Å². The maximum atomic E-state index is 12.1. The lowest BCUT2D eigenvalue weighted by Crippen LogP contribution is -2.58. The minimum absolute atomic E-state index is 0.293. The van der Waals surface area contributed by atoms with Gasteiger partial charge in [0.2, 0.25) is 11.8 Å². The Kier molecular flexibility index (Phi) is 8.61. The number of hydrogen-bond donors (Lipinski definition) is 6. The molecule has 0 aliphatic rings. The van der Waals surface area contributed by atoms with Crippen LogP contribution in [0.15, 0.2) is 0 Å². The summed E-state index contributed by atoms with van der Waals surface area (Å²) in [5, 5.41) is 31.6. The molecule has 0 spiro atoms. The number of aliphatic hydroxyl groups excluding tert-OH is 2. The molecule has 0 heterocycles. The number of amides is 2. The van der Waals surface area contributed by atoms with Crippen molar-refractivity contribution < 1.29 is 29.7 Å². The number of carboxylic acids is 1. The van der Waals surface area contributed by atoms with Gasteiger partial charge in [-0.3, -0.25) is 9.59 Å². The van der Waals surface area contributed by atoms with E-state index in [-0.39, 0.29) is 5.92 Å². The fourth-order valence-electron chi connectivity index (χ4n) is 1.62. The summed E-state index contributed by atoms with van der Waals surface area (Å²) in [4.78, 5) is 34.8. The first-order valence-electron chi connectivity index (χ1n) is 7.03. The number of nitrogens with two attached hydrogens (primary N) is 1. The van der Waals surface area contributed by atoms with Gasteiger partial charge >= 0.3 is 5.97 Å². The maximum absolute atomic E-state index is 12.1. The van der Waals surface area contributed by atoms with Crippen LogP contribution in [0, 0.1) is 5.92 Å². The van der Waals surface area contributed by atoms with Crippen molar-refractivity contribution in [1.82, 2.24) is 10.6 Å². The first-order valence-corrected chi connectivity index (χ1v) is 7.03. The Labute approximate surface area is 128 Å². The molecule has 9 heteroatoms. The van der Waals surface area contributed by atoms with Gasteiger partial charge in [0.05, 0.1) is 12.7 Å². The predicted octanol–water partition coefficient (Wildman–Crippen LogP) is -2.21. The fourth-order valence-corrected chi connectivity index (χ4v) is 1.62. The van der Waals surface area contributed by atoms with E-state index < -0.39 is 48.6 Å². The molecule has 2 amide bonds. The van der Waals surface area contributed by atoms with E-state index in [4.69, 9.17) is 15.9 Å². The monoisotopic (exact) mass is 319 g/mol. The van der Waals surface area contributed by atoms with Gasteiger partial charge in [-0.25, -0.2) is 4.79 Å². The number of aliphatic carboxylic acids is 1. The summed E-state index contributed by atoms with van der Waals surface area (Å²) in [6, 6.07) is -3.68. The highest BCUT2D eigenvalue weighted by molar-refractivity contribution is 5.92. The highest BCUT2D eigenvalue weighted by Gasteiger charge is 2.31. The lowest BCUT2D eigenvalue weighted by Gasteiger charge is -2.26. The van der Waals surface area contributed by atoms with Crippen molar-refractivity contribution >= 4 is 17.8 Å². The van der Waals surface area contributed by atoms with Crippen LogP contribution in [0.5, 0.6) is 0 Å². The number of rotatable bonds is 9. The number of carboxylic acid groups (broad SMARTS) is 1. The number of carbonyl (C=O) groups is 3. The third-order valence-corrected chi connectivity index (χ3v) is 3.41. The van der Waals surface area contributed by atoms with Gasteiger partial charge in [-0.2, -0.15) is 0 Å². The highest BCUT2D eigenvalue weighted by atomic mass is 16.4. The second-order valence-electron chi connectivity index (χ2n) is 5.22. The van der Waals surface area contributed by atoms with E-state index in [0.717, 1.165) is 0 Å². The minimum Gasteiger partial charge on any atom is -0.480 e. The minimum atomic E-state index is -1.46. The van der Waals surface area contributed by atoms with Gasteiger partial charge in [0.1, 0.15) is 18.1 Å². The van der Waals surface area contributed by atoms with Crippen molar-refractivity contribution in [3.05, 3.63) is 0 Å². The number of carbonyl (C=O) groups excluding carboxylic acids is 2. The topological polar surface area (TPSA) is 162 Å². The summed E-state index contributed by atoms with van der Waals surface area (Å²) in [5.41, 5.74) is 5.50. The van der Waals surface area contributed by atoms with Gasteiger partial charge in [0, 0.05) is 0 Å². The molecular formula is C13H25N3O6. The molecule has 0 bridgehead atoms. The lowest BCUT2D eigenvalue weighted by atomic mass is 9.97. The summed E-state index contributed by atoms with van der Waals surface area (Å²) in [6.07, 6.45) is -0.552. The van der Waals surface area contributed by atoms with E-state index in [1.54, 1.807) is 13.8 Å². The smallest absolute Gasteiger partial charge is 0.328 e. The largest absolute Gasteiger partial charge is 0.480 e. The van der Waals surface area contributed by atoms with Crippen molar-refractivity contribution in [2.75, 3.05) is 6.61 Å². The third-order valence-electron chi connectivity index (χ3n) is 3.41. The van der Waals surface area contributed by atoms with E-state index >= 15 is 0 Å². The zero-order valence-corrected chi connectivity index (χ0v) is 12.9. The molecule has 0 aliphatic heterocycles. The Morgan fingerprint density at radius 2 is 1.68 bits per heavy atom. The molecule has 22 heavy (non-hydrogen) atoms. The molecule has 0 unspecified atom stereocenters. The van der Waals surface area contributed by atoms with Crippen LogP contribution in [-0.2, 0) is 14.4 Å². The van der Waals surface area contributed by atoms with Gasteiger partial charge in [-0.05, 0) is 12.8 Å². The molecule has 0 aliphatic carbocycles. The summed E-state index contributed by atoms with van der Waals surface area (Å²) in [5.74, 6) is -3.13. The molecule has 0 aromatic rings. The average Bonchev–Trinajstić information content (AvgIpc) is 2.47. The van der Waals surface area contributed by atoms with Crippen LogP contribution < -0.4 is 16.4 Å². The number of aliphatic hydroxyl groups is 2. The van der Waals surface area contributed by atoms with Crippen LogP contribution >= 0.6 is 0 Å². The SMILES string of the molecule is CC[C@H](C)[C@H](NC(=O)[C@@H](N)[C@@H](C)O)C(=O)N[C@@H](CO)C(=O)O. The van der Waals surface area contributed by atoms with E-state index in [2.05, 4.69) is 10.6 Å². The van der Waals surface area contributed by atoms with Crippen molar-refractivity contribution in [3.63, 3.8) is 0 Å². The van der Waals surface area contributed by atoms with Crippen molar-refractivity contribution in [2.24, 2.45) is 11.7 Å². The predicted molar refractivity (Wildman–Crippen MR) is 77.7 cm³/mol. The van der Waals surface area contributed by atoms with Crippen LogP contribution in [0.4, 0.5) is 0 Å². The molecule has 0 aromatic heterocycles. The zero-order valence-electron chi connectivity index (χ0n) is 12.9. The van der Waals surface area contributed by atoms with E-state index in [1.807, 2.05) is 0 Å². The Morgan fingerprint density at radius 3 is 2.05 bits per heavy atom. The summed E-state index contributed by atoms with van der Waals surface area (Å²) in [6.45, 7) is 4.07. The van der Waals surface area contributed by atoms with Gasteiger partial charge < -0.3 is 31.7 Å². The second kappa shape index (κ2) is 9.34. The summed E-state index contributed by atoms with van der Waals surface area (Å²) < 4.78 is 0. The van der Waals surface area contributed by atoms with Crippen LogP contribution in [0.2, 0.25) is 0 Å². The van der Waals surface area contributed by atoms with Gasteiger partial charge in [0.15, 0.2) is 0 Å². The molecule has 0 radical (unpaired) electrons. The molecule has 5 atom stereocenters. The number of nitrogens with one attached hydrogen (secondary N) is 2. The van der Waals surface area contributed by atoms with E-state index in [1.165, 1.54) is 6.92 Å². The zero-order chi connectivity index (χ0) is 17.4. The molecule has 0 rings (SSSR count). The highest BCUT2D eigenvalue weighted by Crippen LogP contribution is 2.09. The molecule has 128 valence electrons.